The van der Waals surface area contributed by atoms with Crippen molar-refractivity contribution < 1.29 is 4.39 Å². The zero-order chi connectivity index (χ0) is 13.5. The van der Waals surface area contributed by atoms with E-state index in [0.717, 1.165) is 18.8 Å². The van der Waals surface area contributed by atoms with Gasteiger partial charge in [-0.15, -0.1) is 0 Å². The van der Waals surface area contributed by atoms with Gasteiger partial charge in [-0.1, -0.05) is 24.4 Å². The van der Waals surface area contributed by atoms with Crippen LogP contribution in [0.25, 0.3) is 0 Å². The fraction of sp³-hybridized carbons (Fsp3) is 0.600. The highest BCUT2D eigenvalue weighted by Crippen LogP contribution is 2.35. The second kappa shape index (κ2) is 4.95. The molecule has 2 aliphatic rings. The lowest BCUT2D eigenvalue weighted by atomic mass is 9.92. The van der Waals surface area contributed by atoms with Crippen LogP contribution in [0.1, 0.15) is 32.6 Å². The van der Waals surface area contributed by atoms with Crippen LogP contribution in [0, 0.1) is 5.82 Å². The zero-order valence-corrected chi connectivity index (χ0v) is 12.0. The highest BCUT2D eigenvalue weighted by molar-refractivity contribution is 6.31. The van der Waals surface area contributed by atoms with Crippen LogP contribution >= 0.6 is 11.6 Å². The second-order valence-corrected chi connectivity index (χ2v) is 6.35. The van der Waals surface area contributed by atoms with E-state index in [1.807, 2.05) is 6.07 Å². The van der Waals surface area contributed by atoms with Crippen LogP contribution in [0.3, 0.4) is 0 Å². The average molecular weight is 283 g/mol. The summed E-state index contributed by atoms with van der Waals surface area (Å²) in [4.78, 5) is 2.37. The lowest BCUT2D eigenvalue weighted by Crippen LogP contribution is -2.62. The van der Waals surface area contributed by atoms with Crippen LogP contribution in [-0.2, 0) is 0 Å². The summed E-state index contributed by atoms with van der Waals surface area (Å²) in [5, 5.41) is 3.93. The summed E-state index contributed by atoms with van der Waals surface area (Å²) in [6.45, 7) is 4.18. The quantitative estimate of drug-likeness (QED) is 0.847. The van der Waals surface area contributed by atoms with E-state index < -0.39 is 0 Å². The molecule has 1 saturated carbocycles. The second-order valence-electron chi connectivity index (χ2n) is 5.94. The molecule has 4 heteroatoms. The summed E-state index contributed by atoms with van der Waals surface area (Å²) in [7, 11) is 0. The number of anilines is 1. The standard InChI is InChI=1S/C15H20ClFN2/c1-11-9-18-15(6-2-3-7-15)10-19(11)12-4-5-14(17)13(16)8-12/h4-5,8,11,18H,2-3,6-7,9-10H2,1H3. The van der Waals surface area contributed by atoms with Gasteiger partial charge in [0.1, 0.15) is 5.82 Å². The predicted octanol–water partition coefficient (Wildman–Crippen LogP) is 3.59. The first-order valence-electron chi connectivity index (χ1n) is 7.06. The number of piperazine rings is 1. The summed E-state index contributed by atoms with van der Waals surface area (Å²) in [6, 6.07) is 5.47. The zero-order valence-electron chi connectivity index (χ0n) is 11.3. The Labute approximate surface area is 118 Å². The first kappa shape index (κ1) is 13.2. The van der Waals surface area contributed by atoms with E-state index in [-0.39, 0.29) is 16.4 Å². The number of halogens is 2. The van der Waals surface area contributed by atoms with Gasteiger partial charge in [-0.05, 0) is 38.0 Å². The number of nitrogens with one attached hydrogen (secondary N) is 1. The molecule has 1 unspecified atom stereocenters. The number of hydrogen-bond acceptors (Lipinski definition) is 2. The van der Waals surface area contributed by atoms with E-state index in [1.54, 1.807) is 6.07 Å². The van der Waals surface area contributed by atoms with Gasteiger partial charge in [-0.3, -0.25) is 0 Å². The molecule has 0 bridgehead atoms. The summed E-state index contributed by atoms with van der Waals surface area (Å²) < 4.78 is 13.3. The van der Waals surface area contributed by atoms with Crippen LogP contribution in [0.15, 0.2) is 18.2 Å². The Morgan fingerprint density at radius 2 is 2.11 bits per heavy atom. The van der Waals surface area contributed by atoms with E-state index in [0.29, 0.717) is 6.04 Å². The molecule has 0 radical (unpaired) electrons. The highest BCUT2D eigenvalue weighted by atomic mass is 35.5. The van der Waals surface area contributed by atoms with Crippen LogP contribution in [0.4, 0.5) is 10.1 Å². The maximum absolute atomic E-state index is 13.3. The molecular weight excluding hydrogens is 263 g/mol. The van der Waals surface area contributed by atoms with Crippen molar-refractivity contribution in [3.63, 3.8) is 0 Å². The van der Waals surface area contributed by atoms with Gasteiger partial charge in [0, 0.05) is 30.4 Å². The van der Waals surface area contributed by atoms with Gasteiger partial charge in [0.2, 0.25) is 0 Å². The molecule has 1 aromatic carbocycles. The first-order valence-corrected chi connectivity index (χ1v) is 7.44. The SMILES string of the molecule is CC1CNC2(CCCC2)CN1c1ccc(F)c(Cl)c1. The Bertz CT molecular complexity index is 471. The molecule has 3 rings (SSSR count). The fourth-order valence-electron chi connectivity index (χ4n) is 3.41. The summed E-state index contributed by atoms with van der Waals surface area (Å²) >= 11 is 5.91. The summed E-state index contributed by atoms with van der Waals surface area (Å²) in [5.74, 6) is -0.344. The van der Waals surface area contributed by atoms with Crippen molar-refractivity contribution in [3.05, 3.63) is 29.0 Å². The van der Waals surface area contributed by atoms with Crippen molar-refractivity contribution in [1.29, 1.82) is 0 Å². The minimum atomic E-state index is -0.344. The average Bonchev–Trinajstić information content (AvgIpc) is 2.85. The minimum Gasteiger partial charge on any atom is -0.366 e. The molecule has 1 spiro atoms. The molecule has 1 aliphatic carbocycles. The first-order chi connectivity index (χ1) is 9.10. The lowest BCUT2D eigenvalue weighted by Gasteiger charge is -2.46. The maximum Gasteiger partial charge on any atom is 0.141 e. The van der Waals surface area contributed by atoms with Crippen molar-refractivity contribution in [2.45, 2.75) is 44.2 Å². The Kier molecular flexibility index (Phi) is 3.44. The van der Waals surface area contributed by atoms with E-state index in [1.165, 1.54) is 31.7 Å². The predicted molar refractivity (Wildman–Crippen MR) is 77.4 cm³/mol. The van der Waals surface area contributed by atoms with Crippen LogP contribution in [-0.4, -0.2) is 24.7 Å². The van der Waals surface area contributed by atoms with E-state index in [2.05, 4.69) is 17.1 Å². The Balaban J connectivity index is 1.86. The van der Waals surface area contributed by atoms with E-state index in [4.69, 9.17) is 11.6 Å². The Morgan fingerprint density at radius 3 is 2.79 bits per heavy atom. The molecule has 0 aromatic heterocycles. The highest BCUT2D eigenvalue weighted by Gasteiger charge is 2.40. The smallest absolute Gasteiger partial charge is 0.141 e. The number of nitrogens with zero attached hydrogens (tertiary/aromatic N) is 1. The molecule has 104 valence electrons. The number of benzene rings is 1. The molecule has 1 aliphatic heterocycles. The topological polar surface area (TPSA) is 15.3 Å². The molecule has 19 heavy (non-hydrogen) atoms. The molecule has 1 N–H and O–H groups in total. The van der Waals surface area contributed by atoms with Gasteiger partial charge < -0.3 is 10.2 Å². The van der Waals surface area contributed by atoms with Crippen molar-refractivity contribution in [3.8, 4) is 0 Å². The molecule has 2 nitrogen and oxygen atoms in total. The van der Waals surface area contributed by atoms with E-state index >= 15 is 0 Å². The molecule has 1 atom stereocenters. The van der Waals surface area contributed by atoms with Gasteiger partial charge in [0.05, 0.1) is 5.02 Å². The van der Waals surface area contributed by atoms with Crippen LogP contribution < -0.4 is 10.2 Å². The third-order valence-electron chi connectivity index (χ3n) is 4.57. The van der Waals surface area contributed by atoms with Crippen molar-refractivity contribution >= 4 is 17.3 Å². The van der Waals surface area contributed by atoms with Gasteiger partial charge in [0.25, 0.3) is 0 Å². The van der Waals surface area contributed by atoms with Crippen molar-refractivity contribution in [1.82, 2.24) is 5.32 Å². The summed E-state index contributed by atoms with van der Waals surface area (Å²) in [5.41, 5.74) is 1.29. The number of hydrogen-bond donors (Lipinski definition) is 1. The summed E-state index contributed by atoms with van der Waals surface area (Å²) in [6.07, 6.45) is 5.09. The van der Waals surface area contributed by atoms with Crippen LogP contribution in [0.5, 0.6) is 0 Å². The molecule has 2 fully saturated rings. The van der Waals surface area contributed by atoms with Crippen LogP contribution in [0.2, 0.25) is 5.02 Å². The van der Waals surface area contributed by atoms with Crippen molar-refractivity contribution in [2.75, 3.05) is 18.0 Å². The third kappa shape index (κ3) is 2.46. The van der Waals surface area contributed by atoms with Gasteiger partial charge in [-0.25, -0.2) is 4.39 Å². The molecule has 1 saturated heterocycles. The molecule has 0 amide bonds. The van der Waals surface area contributed by atoms with Crippen molar-refractivity contribution in [2.24, 2.45) is 0 Å². The fourth-order valence-corrected chi connectivity index (χ4v) is 3.58. The van der Waals surface area contributed by atoms with Gasteiger partial charge >= 0.3 is 0 Å². The van der Waals surface area contributed by atoms with Gasteiger partial charge in [0.15, 0.2) is 0 Å². The third-order valence-corrected chi connectivity index (χ3v) is 4.86. The van der Waals surface area contributed by atoms with Gasteiger partial charge in [-0.2, -0.15) is 0 Å². The maximum atomic E-state index is 13.3. The lowest BCUT2D eigenvalue weighted by molar-refractivity contribution is 0.276. The Hall–Kier alpha value is -0.800. The number of rotatable bonds is 1. The minimum absolute atomic E-state index is 0.212. The molecule has 1 aromatic rings. The Morgan fingerprint density at radius 1 is 1.37 bits per heavy atom. The normalized spacial score (nSPS) is 26.1. The van der Waals surface area contributed by atoms with E-state index in [9.17, 15) is 4.39 Å². The largest absolute Gasteiger partial charge is 0.366 e. The molecular formula is C15H20ClFN2. The monoisotopic (exact) mass is 282 g/mol. The molecule has 1 heterocycles.